The molecule has 2 aromatic rings. The third-order valence-corrected chi connectivity index (χ3v) is 6.74. The van der Waals surface area contributed by atoms with Crippen LogP contribution in [0.2, 0.25) is 0 Å². The molecule has 3 N–H and O–H groups in total. The molecular formula is C23H31N3O4S. The summed E-state index contributed by atoms with van der Waals surface area (Å²) in [6, 6.07) is 12.2. The van der Waals surface area contributed by atoms with Crippen molar-refractivity contribution in [2.24, 2.45) is 0 Å². The Balaban J connectivity index is 2.04. The minimum Gasteiger partial charge on any atom is -0.347 e. The maximum Gasteiger partial charge on any atom is 0.255 e. The highest BCUT2D eigenvalue weighted by Crippen LogP contribution is 2.16. The molecule has 7 nitrogen and oxygen atoms in total. The molecule has 0 aliphatic heterocycles. The van der Waals surface area contributed by atoms with Crippen molar-refractivity contribution in [2.75, 3.05) is 5.32 Å². The second-order valence-electron chi connectivity index (χ2n) is 8.18. The summed E-state index contributed by atoms with van der Waals surface area (Å²) < 4.78 is 27.2. The van der Waals surface area contributed by atoms with E-state index in [1.165, 1.54) is 24.3 Å². The highest BCUT2D eigenvalue weighted by molar-refractivity contribution is 7.89. The van der Waals surface area contributed by atoms with Gasteiger partial charge in [-0.15, -0.1) is 0 Å². The van der Waals surface area contributed by atoms with Crippen molar-refractivity contribution in [2.45, 2.75) is 63.9 Å². The van der Waals surface area contributed by atoms with Gasteiger partial charge >= 0.3 is 0 Å². The molecule has 0 bridgehead atoms. The van der Waals surface area contributed by atoms with Crippen molar-refractivity contribution in [3.8, 4) is 0 Å². The summed E-state index contributed by atoms with van der Waals surface area (Å²) in [5.74, 6) is -0.546. The zero-order chi connectivity index (χ0) is 23.2. The fourth-order valence-corrected chi connectivity index (χ4v) is 3.90. The fraction of sp³-hybridized carbons (Fsp3) is 0.391. The summed E-state index contributed by atoms with van der Waals surface area (Å²) in [6.07, 6.45) is 1.48. The van der Waals surface area contributed by atoms with E-state index in [1.54, 1.807) is 31.2 Å². The van der Waals surface area contributed by atoms with Gasteiger partial charge in [0, 0.05) is 28.4 Å². The summed E-state index contributed by atoms with van der Waals surface area (Å²) in [5.41, 5.74) is 1.07. The van der Waals surface area contributed by atoms with Crippen LogP contribution in [0, 0.1) is 0 Å². The van der Waals surface area contributed by atoms with Gasteiger partial charge in [0.15, 0.2) is 0 Å². The van der Waals surface area contributed by atoms with Gasteiger partial charge in [0.05, 0.1) is 4.90 Å². The summed E-state index contributed by atoms with van der Waals surface area (Å²) in [6.45, 7) is 9.60. The van der Waals surface area contributed by atoms with Crippen LogP contribution >= 0.6 is 0 Å². The van der Waals surface area contributed by atoms with E-state index in [-0.39, 0.29) is 28.3 Å². The first-order chi connectivity index (χ1) is 14.5. The Morgan fingerprint density at radius 1 is 0.903 bits per heavy atom. The van der Waals surface area contributed by atoms with Gasteiger partial charge in [-0.3, -0.25) is 9.59 Å². The third kappa shape index (κ3) is 6.90. The number of amides is 2. The average Bonchev–Trinajstić information content (AvgIpc) is 2.73. The molecule has 0 saturated carbocycles. The molecule has 0 radical (unpaired) electrons. The number of anilines is 1. The van der Waals surface area contributed by atoms with Crippen LogP contribution in [-0.4, -0.2) is 31.8 Å². The Kier molecular flexibility index (Phi) is 7.97. The van der Waals surface area contributed by atoms with Gasteiger partial charge in [0.1, 0.15) is 0 Å². The number of rotatable bonds is 9. The van der Waals surface area contributed by atoms with E-state index in [0.717, 1.165) is 6.42 Å². The van der Waals surface area contributed by atoms with Gasteiger partial charge in [-0.05, 0) is 82.1 Å². The van der Waals surface area contributed by atoms with Gasteiger partial charge in [0.25, 0.3) is 11.8 Å². The highest BCUT2D eigenvalue weighted by Gasteiger charge is 2.19. The zero-order valence-electron chi connectivity index (χ0n) is 18.7. The van der Waals surface area contributed by atoms with E-state index in [2.05, 4.69) is 15.4 Å². The van der Waals surface area contributed by atoms with Gasteiger partial charge in [-0.1, -0.05) is 13.8 Å². The number of benzene rings is 2. The van der Waals surface area contributed by atoms with Crippen LogP contribution in [0.25, 0.3) is 0 Å². The Bertz CT molecular complexity index is 1010. The lowest BCUT2D eigenvalue weighted by Crippen LogP contribution is -2.42. The van der Waals surface area contributed by atoms with Gasteiger partial charge in [-0.2, -0.15) is 0 Å². The number of sulfonamides is 1. The number of hydrogen-bond donors (Lipinski definition) is 3. The monoisotopic (exact) mass is 445 g/mol. The molecule has 2 aromatic carbocycles. The van der Waals surface area contributed by atoms with Gasteiger partial charge < -0.3 is 10.6 Å². The Morgan fingerprint density at radius 3 is 1.94 bits per heavy atom. The van der Waals surface area contributed by atoms with Crippen molar-refractivity contribution in [3.05, 3.63) is 59.7 Å². The molecular weight excluding hydrogens is 414 g/mol. The minimum absolute atomic E-state index is 0.106. The van der Waals surface area contributed by atoms with Crippen LogP contribution in [-0.2, 0) is 10.0 Å². The Labute approximate surface area is 184 Å². The number of hydrogen-bond acceptors (Lipinski definition) is 4. The SMILES string of the molecule is CCC(C)NS(=O)(=O)c1ccc(C(=O)Nc2ccc(C(=O)NC(C)(C)CC)cc2)cc1. The summed E-state index contributed by atoms with van der Waals surface area (Å²) in [7, 11) is -3.62. The van der Waals surface area contributed by atoms with E-state index in [4.69, 9.17) is 0 Å². The lowest BCUT2D eigenvalue weighted by Gasteiger charge is -2.24. The van der Waals surface area contributed by atoms with E-state index >= 15 is 0 Å². The molecule has 0 spiro atoms. The second-order valence-corrected chi connectivity index (χ2v) is 9.89. The maximum absolute atomic E-state index is 12.5. The van der Waals surface area contributed by atoms with Crippen LogP contribution < -0.4 is 15.4 Å². The van der Waals surface area contributed by atoms with E-state index in [1.807, 2.05) is 27.7 Å². The average molecular weight is 446 g/mol. The fourth-order valence-electron chi connectivity index (χ4n) is 2.58. The molecule has 2 amide bonds. The maximum atomic E-state index is 12.5. The van der Waals surface area contributed by atoms with E-state index < -0.39 is 10.0 Å². The minimum atomic E-state index is -3.62. The van der Waals surface area contributed by atoms with Crippen LogP contribution in [0.4, 0.5) is 5.69 Å². The van der Waals surface area contributed by atoms with Gasteiger partial charge in [-0.25, -0.2) is 13.1 Å². The van der Waals surface area contributed by atoms with Crippen LogP contribution in [0.1, 0.15) is 68.2 Å². The lowest BCUT2D eigenvalue weighted by molar-refractivity contribution is 0.0910. The van der Waals surface area contributed by atoms with Crippen LogP contribution in [0.3, 0.4) is 0 Å². The molecule has 168 valence electrons. The number of carbonyl (C=O) groups is 2. The molecule has 0 heterocycles. The Morgan fingerprint density at radius 2 is 1.42 bits per heavy atom. The summed E-state index contributed by atoms with van der Waals surface area (Å²) in [5, 5.41) is 5.71. The molecule has 8 heteroatoms. The molecule has 2 rings (SSSR count). The van der Waals surface area contributed by atoms with Crippen molar-refractivity contribution in [3.63, 3.8) is 0 Å². The Hall–Kier alpha value is -2.71. The quantitative estimate of drug-likeness (QED) is 0.544. The topological polar surface area (TPSA) is 104 Å². The molecule has 1 unspecified atom stereocenters. The van der Waals surface area contributed by atoms with E-state index in [9.17, 15) is 18.0 Å². The van der Waals surface area contributed by atoms with Crippen molar-refractivity contribution >= 4 is 27.5 Å². The molecule has 0 saturated heterocycles. The molecule has 0 aliphatic rings. The molecule has 1 atom stereocenters. The summed E-state index contributed by atoms with van der Waals surface area (Å²) >= 11 is 0. The standard InChI is InChI=1S/C23H31N3O4S/c1-6-16(3)26-31(29,30)20-14-10-17(11-15-20)21(27)24-19-12-8-18(9-13-19)22(28)25-23(4,5)7-2/h8-16,26H,6-7H2,1-5H3,(H,24,27)(H,25,28). The van der Waals surface area contributed by atoms with Crippen molar-refractivity contribution in [1.29, 1.82) is 0 Å². The largest absolute Gasteiger partial charge is 0.347 e. The summed E-state index contributed by atoms with van der Waals surface area (Å²) in [4.78, 5) is 24.9. The molecule has 0 aliphatic carbocycles. The lowest BCUT2D eigenvalue weighted by atomic mass is 10.0. The molecule has 0 aromatic heterocycles. The molecule has 0 fully saturated rings. The first-order valence-corrected chi connectivity index (χ1v) is 11.8. The molecule has 31 heavy (non-hydrogen) atoms. The van der Waals surface area contributed by atoms with Crippen molar-refractivity contribution < 1.29 is 18.0 Å². The zero-order valence-corrected chi connectivity index (χ0v) is 19.5. The second kappa shape index (κ2) is 10.1. The first kappa shape index (κ1) is 24.6. The van der Waals surface area contributed by atoms with E-state index in [0.29, 0.717) is 23.2 Å². The predicted octanol–water partition coefficient (Wildman–Crippen LogP) is 3.93. The highest BCUT2D eigenvalue weighted by atomic mass is 32.2. The van der Waals surface area contributed by atoms with Crippen molar-refractivity contribution in [1.82, 2.24) is 10.0 Å². The first-order valence-electron chi connectivity index (χ1n) is 10.3. The number of carbonyl (C=O) groups excluding carboxylic acids is 2. The van der Waals surface area contributed by atoms with Crippen LogP contribution in [0.15, 0.2) is 53.4 Å². The van der Waals surface area contributed by atoms with Crippen LogP contribution in [0.5, 0.6) is 0 Å². The van der Waals surface area contributed by atoms with Gasteiger partial charge in [0.2, 0.25) is 10.0 Å². The number of nitrogens with one attached hydrogen (secondary N) is 3. The predicted molar refractivity (Wildman–Crippen MR) is 123 cm³/mol. The third-order valence-electron chi connectivity index (χ3n) is 5.14. The normalized spacial score (nSPS) is 12.8. The smallest absolute Gasteiger partial charge is 0.255 e.